The minimum Gasteiger partial charge on any atom is -0.481 e. The summed E-state index contributed by atoms with van der Waals surface area (Å²) in [6.07, 6.45) is 4.90. The number of imidazole rings is 1. The summed E-state index contributed by atoms with van der Waals surface area (Å²) >= 11 is 0. The molecule has 1 amide bonds. The number of likely N-dealkylation sites (tertiary alicyclic amines) is 1. The van der Waals surface area contributed by atoms with Crippen molar-refractivity contribution in [3.63, 3.8) is 0 Å². The van der Waals surface area contributed by atoms with Crippen LogP contribution in [0.25, 0.3) is 0 Å². The van der Waals surface area contributed by atoms with E-state index in [1.165, 1.54) is 22.0 Å². The van der Waals surface area contributed by atoms with Gasteiger partial charge >= 0.3 is 5.97 Å². The monoisotopic (exact) mass is 356 g/mol. The molecular formula is C14H20N4O5S. The number of sulfonamides is 1. The van der Waals surface area contributed by atoms with E-state index in [1.807, 2.05) is 0 Å². The Bertz CT molecular complexity index is 774. The molecule has 2 aliphatic rings. The van der Waals surface area contributed by atoms with E-state index in [2.05, 4.69) is 9.71 Å². The van der Waals surface area contributed by atoms with Crippen LogP contribution in [0.1, 0.15) is 19.3 Å². The average molecular weight is 356 g/mol. The lowest BCUT2D eigenvalue weighted by Gasteiger charge is -2.23. The predicted octanol–water partition coefficient (Wildman–Crippen LogP) is -0.588. The zero-order chi connectivity index (χ0) is 17.5. The van der Waals surface area contributed by atoms with Gasteiger partial charge in [-0.05, 0) is 18.8 Å². The van der Waals surface area contributed by atoms with Crippen LogP contribution in [0.5, 0.6) is 0 Å². The first-order valence-corrected chi connectivity index (χ1v) is 9.22. The van der Waals surface area contributed by atoms with Gasteiger partial charge in [-0.2, -0.15) is 0 Å². The van der Waals surface area contributed by atoms with Crippen molar-refractivity contribution in [1.82, 2.24) is 19.2 Å². The number of hydrogen-bond acceptors (Lipinski definition) is 5. The summed E-state index contributed by atoms with van der Waals surface area (Å²) in [7, 11) is -2.22. The molecule has 2 fully saturated rings. The van der Waals surface area contributed by atoms with Crippen molar-refractivity contribution in [2.75, 3.05) is 19.6 Å². The molecule has 1 aromatic heterocycles. The topological polar surface area (TPSA) is 122 Å². The molecule has 1 saturated heterocycles. The van der Waals surface area contributed by atoms with Gasteiger partial charge in [0.1, 0.15) is 0 Å². The Morgan fingerprint density at radius 3 is 2.83 bits per heavy atom. The van der Waals surface area contributed by atoms with Gasteiger partial charge in [-0.15, -0.1) is 0 Å². The maximum Gasteiger partial charge on any atom is 0.311 e. The molecule has 1 aliphatic carbocycles. The molecule has 0 spiro atoms. The largest absolute Gasteiger partial charge is 0.481 e. The molecule has 2 N–H and O–H groups in total. The number of carbonyl (C=O) groups is 2. The van der Waals surface area contributed by atoms with E-state index in [-0.39, 0.29) is 17.5 Å². The van der Waals surface area contributed by atoms with Crippen molar-refractivity contribution < 1.29 is 23.1 Å². The fourth-order valence-corrected chi connectivity index (χ4v) is 4.65. The summed E-state index contributed by atoms with van der Waals surface area (Å²) in [6.45, 7) is 0.120. The Morgan fingerprint density at radius 1 is 1.50 bits per heavy atom. The van der Waals surface area contributed by atoms with Crippen molar-refractivity contribution in [3.05, 3.63) is 12.5 Å². The summed E-state index contributed by atoms with van der Waals surface area (Å²) in [5.41, 5.74) is -0.866. The molecular weight excluding hydrogens is 336 g/mol. The van der Waals surface area contributed by atoms with Crippen LogP contribution in [0.3, 0.4) is 0 Å². The third-order valence-electron chi connectivity index (χ3n) is 5.02. The lowest BCUT2D eigenvalue weighted by molar-refractivity contribution is -0.149. The first kappa shape index (κ1) is 16.9. The molecule has 0 bridgehead atoms. The van der Waals surface area contributed by atoms with Crippen LogP contribution in [0.4, 0.5) is 0 Å². The molecule has 24 heavy (non-hydrogen) atoms. The third-order valence-corrected chi connectivity index (χ3v) is 6.31. The van der Waals surface area contributed by atoms with E-state index in [9.17, 15) is 23.1 Å². The van der Waals surface area contributed by atoms with Gasteiger partial charge in [0, 0.05) is 26.3 Å². The normalized spacial score (nSPS) is 26.5. The third kappa shape index (κ3) is 2.80. The van der Waals surface area contributed by atoms with Gasteiger partial charge in [0.2, 0.25) is 5.91 Å². The molecule has 2 atom stereocenters. The number of aliphatic carboxylic acids is 1. The minimum absolute atomic E-state index is 0.0497. The quantitative estimate of drug-likeness (QED) is 0.727. The van der Waals surface area contributed by atoms with Crippen molar-refractivity contribution in [1.29, 1.82) is 0 Å². The van der Waals surface area contributed by atoms with Crippen LogP contribution in [0.15, 0.2) is 17.6 Å². The number of fused-ring (bicyclic) bond motifs is 1. The number of hydrogen-bond donors (Lipinski definition) is 2. The standard InChI is InChI=1S/C14H20N4O5S/c1-17-7-11(15-9-17)24(22,23)16-5-12(19)18-6-10-3-2-4-14(10,8-18)13(20)21/h7,9-10,16H,2-6,8H2,1H3,(H,20,21)/t10-,14+/m0/s1. The van der Waals surface area contributed by atoms with Gasteiger partial charge in [-0.1, -0.05) is 6.42 Å². The molecule has 3 rings (SSSR count). The van der Waals surface area contributed by atoms with E-state index in [1.54, 1.807) is 7.05 Å². The SMILES string of the molecule is Cn1cnc(S(=O)(=O)NCC(=O)N2C[C@@H]3CCC[C@@]3(C(=O)O)C2)c1. The minimum atomic E-state index is -3.86. The molecule has 1 saturated carbocycles. The average Bonchev–Trinajstić information content (AvgIpc) is 3.18. The van der Waals surface area contributed by atoms with E-state index in [0.717, 1.165) is 12.8 Å². The van der Waals surface area contributed by atoms with Crippen molar-refractivity contribution in [2.24, 2.45) is 18.4 Å². The Labute approximate surface area is 139 Å². The molecule has 0 aromatic carbocycles. The summed E-state index contributed by atoms with van der Waals surface area (Å²) in [4.78, 5) is 29.1. The maximum absolute atomic E-state index is 12.3. The second-order valence-corrected chi connectivity index (χ2v) is 8.24. The first-order chi connectivity index (χ1) is 11.2. The number of aromatic nitrogens is 2. The molecule has 1 aliphatic heterocycles. The van der Waals surface area contributed by atoms with Gasteiger partial charge in [0.15, 0.2) is 5.03 Å². The van der Waals surface area contributed by atoms with Crippen LogP contribution in [-0.4, -0.2) is 59.5 Å². The second-order valence-electron chi connectivity index (χ2n) is 6.53. The van der Waals surface area contributed by atoms with Crippen LogP contribution in [0, 0.1) is 11.3 Å². The van der Waals surface area contributed by atoms with Gasteiger partial charge in [0.05, 0.1) is 18.3 Å². The lowest BCUT2D eigenvalue weighted by atomic mass is 9.81. The van der Waals surface area contributed by atoms with Gasteiger partial charge in [0.25, 0.3) is 10.0 Å². The van der Waals surface area contributed by atoms with E-state index >= 15 is 0 Å². The number of carbonyl (C=O) groups excluding carboxylic acids is 1. The van der Waals surface area contributed by atoms with Gasteiger partial charge in [-0.25, -0.2) is 18.1 Å². The fourth-order valence-electron chi connectivity index (χ4n) is 3.70. The number of carboxylic acids is 1. The van der Waals surface area contributed by atoms with Crippen LogP contribution < -0.4 is 4.72 Å². The number of carboxylic acid groups (broad SMARTS) is 1. The molecule has 1 aromatic rings. The highest BCUT2D eigenvalue weighted by Crippen LogP contribution is 2.48. The highest BCUT2D eigenvalue weighted by molar-refractivity contribution is 7.89. The van der Waals surface area contributed by atoms with Crippen molar-refractivity contribution in [3.8, 4) is 0 Å². The molecule has 2 heterocycles. The molecule has 132 valence electrons. The van der Waals surface area contributed by atoms with E-state index < -0.39 is 33.9 Å². The van der Waals surface area contributed by atoms with Crippen LogP contribution in [-0.2, 0) is 26.7 Å². The lowest BCUT2D eigenvalue weighted by Crippen LogP contribution is -2.41. The second kappa shape index (κ2) is 5.85. The predicted molar refractivity (Wildman–Crippen MR) is 82.4 cm³/mol. The van der Waals surface area contributed by atoms with Gasteiger partial charge in [-0.3, -0.25) is 9.59 Å². The Kier molecular flexibility index (Phi) is 4.12. The zero-order valence-corrected chi connectivity index (χ0v) is 14.1. The fraction of sp³-hybridized carbons (Fsp3) is 0.643. The summed E-state index contributed by atoms with van der Waals surface area (Å²) in [5.74, 6) is -1.33. The molecule has 9 nitrogen and oxygen atoms in total. The molecule has 0 radical (unpaired) electrons. The summed E-state index contributed by atoms with van der Waals surface area (Å²) < 4.78 is 27.9. The maximum atomic E-state index is 12.3. The molecule has 0 unspecified atom stereocenters. The zero-order valence-electron chi connectivity index (χ0n) is 13.3. The smallest absolute Gasteiger partial charge is 0.311 e. The van der Waals surface area contributed by atoms with E-state index in [0.29, 0.717) is 13.0 Å². The number of rotatable bonds is 5. The number of nitrogens with zero attached hydrogens (tertiary/aromatic N) is 3. The highest BCUT2D eigenvalue weighted by Gasteiger charge is 2.55. The molecule has 10 heteroatoms. The van der Waals surface area contributed by atoms with Crippen LogP contribution >= 0.6 is 0 Å². The van der Waals surface area contributed by atoms with Crippen molar-refractivity contribution >= 4 is 21.9 Å². The van der Waals surface area contributed by atoms with E-state index in [4.69, 9.17) is 0 Å². The van der Waals surface area contributed by atoms with Crippen LogP contribution in [0.2, 0.25) is 0 Å². The Morgan fingerprint density at radius 2 is 2.25 bits per heavy atom. The van der Waals surface area contributed by atoms with Gasteiger partial charge < -0.3 is 14.6 Å². The Balaban J connectivity index is 1.63. The number of nitrogens with one attached hydrogen (secondary N) is 1. The first-order valence-electron chi connectivity index (χ1n) is 7.73. The number of aryl methyl sites for hydroxylation is 1. The summed E-state index contributed by atoms with van der Waals surface area (Å²) in [6, 6.07) is 0. The van der Waals surface area contributed by atoms with Crippen molar-refractivity contribution in [2.45, 2.75) is 24.3 Å². The Hall–Kier alpha value is -1.94. The number of amides is 1. The summed E-state index contributed by atoms with van der Waals surface area (Å²) in [5, 5.41) is 9.37. The highest BCUT2D eigenvalue weighted by atomic mass is 32.2.